The normalized spacial score (nSPS) is 18.6. The Morgan fingerprint density at radius 1 is 1.50 bits per heavy atom. The summed E-state index contributed by atoms with van der Waals surface area (Å²) in [6, 6.07) is 5.44. The highest BCUT2D eigenvalue weighted by Crippen LogP contribution is 2.29. The van der Waals surface area contributed by atoms with Gasteiger partial charge in [0.05, 0.1) is 6.04 Å². The first-order valence-corrected chi connectivity index (χ1v) is 6.38. The van der Waals surface area contributed by atoms with Gasteiger partial charge in [-0.15, -0.1) is 6.42 Å². The average molecular weight is 272 g/mol. The van der Waals surface area contributed by atoms with Gasteiger partial charge in [-0.3, -0.25) is 0 Å². The molecule has 0 aliphatic carbocycles. The average Bonchev–Trinajstić information content (AvgIpc) is 2.45. The van der Waals surface area contributed by atoms with Crippen molar-refractivity contribution < 1.29 is 14.7 Å². The molecular formula is C15H16N2O3. The second-order valence-corrected chi connectivity index (χ2v) is 4.72. The lowest BCUT2D eigenvalue weighted by Gasteiger charge is -2.35. The summed E-state index contributed by atoms with van der Waals surface area (Å²) in [6.07, 6.45) is 5.86. The lowest BCUT2D eigenvalue weighted by Crippen LogP contribution is -2.50. The van der Waals surface area contributed by atoms with Crippen molar-refractivity contribution in [2.45, 2.75) is 25.4 Å². The van der Waals surface area contributed by atoms with Gasteiger partial charge in [-0.1, -0.05) is 30.2 Å². The van der Waals surface area contributed by atoms with Crippen molar-refractivity contribution in [1.29, 1.82) is 0 Å². The summed E-state index contributed by atoms with van der Waals surface area (Å²) in [5, 5.41) is 12.0. The number of carboxylic acid groups (broad SMARTS) is 1. The second kappa shape index (κ2) is 5.66. The molecule has 1 aliphatic heterocycles. The lowest BCUT2D eigenvalue weighted by atomic mass is 9.93. The van der Waals surface area contributed by atoms with Gasteiger partial charge in [0.15, 0.2) is 6.04 Å². The van der Waals surface area contributed by atoms with E-state index in [2.05, 4.69) is 11.2 Å². The number of nitrogens with one attached hydrogen (secondary N) is 1. The molecule has 104 valence electrons. The number of hydrogen-bond acceptors (Lipinski definition) is 2. The maximum absolute atomic E-state index is 12.1. The predicted molar refractivity (Wildman–Crippen MR) is 74.1 cm³/mol. The Kier molecular flexibility index (Phi) is 3.94. The van der Waals surface area contributed by atoms with E-state index in [1.807, 2.05) is 12.1 Å². The molecule has 2 unspecified atom stereocenters. The fraction of sp³-hybridized carbons (Fsp3) is 0.333. The zero-order chi connectivity index (χ0) is 14.7. The molecule has 5 nitrogen and oxygen atoms in total. The molecule has 1 aromatic rings. The summed E-state index contributed by atoms with van der Waals surface area (Å²) in [5.74, 6) is 1.35. The number of rotatable bonds is 2. The van der Waals surface area contributed by atoms with E-state index in [0.29, 0.717) is 18.5 Å². The molecule has 5 heteroatoms. The number of carbonyl (C=O) groups excluding carboxylic acids is 1. The molecule has 2 rings (SSSR count). The number of aliphatic carboxylic acids is 1. The van der Waals surface area contributed by atoms with Gasteiger partial charge in [-0.2, -0.15) is 0 Å². The molecule has 0 spiro atoms. The summed E-state index contributed by atoms with van der Waals surface area (Å²) in [5.41, 5.74) is 1.63. The smallest absolute Gasteiger partial charge is 0.331 e. The predicted octanol–water partition coefficient (Wildman–Crippen LogP) is 1.40. The van der Waals surface area contributed by atoms with Crippen LogP contribution in [0.5, 0.6) is 0 Å². The van der Waals surface area contributed by atoms with Crippen LogP contribution in [-0.4, -0.2) is 34.6 Å². The van der Waals surface area contributed by atoms with Gasteiger partial charge in [0.2, 0.25) is 0 Å². The summed E-state index contributed by atoms with van der Waals surface area (Å²) >= 11 is 0. The van der Waals surface area contributed by atoms with Crippen molar-refractivity contribution in [3.8, 4) is 12.3 Å². The summed E-state index contributed by atoms with van der Waals surface area (Å²) in [7, 11) is 0. The molecule has 20 heavy (non-hydrogen) atoms. The Balaban J connectivity index is 2.30. The van der Waals surface area contributed by atoms with Crippen molar-refractivity contribution in [3.05, 3.63) is 35.4 Å². The Morgan fingerprint density at radius 2 is 2.20 bits per heavy atom. The first-order chi connectivity index (χ1) is 9.54. The van der Waals surface area contributed by atoms with E-state index in [0.717, 1.165) is 5.56 Å². The van der Waals surface area contributed by atoms with Crippen LogP contribution in [0.15, 0.2) is 24.3 Å². The zero-order valence-electron chi connectivity index (χ0n) is 11.2. The van der Waals surface area contributed by atoms with Crippen molar-refractivity contribution in [3.63, 3.8) is 0 Å². The first-order valence-electron chi connectivity index (χ1n) is 6.38. The molecule has 1 aliphatic rings. The lowest BCUT2D eigenvalue weighted by molar-refractivity contribution is -0.142. The Morgan fingerprint density at radius 3 is 2.85 bits per heavy atom. The molecule has 0 fully saturated rings. The van der Waals surface area contributed by atoms with Crippen LogP contribution in [0.4, 0.5) is 4.79 Å². The minimum absolute atomic E-state index is 0.358. The molecule has 2 amide bonds. The maximum atomic E-state index is 12.1. The van der Waals surface area contributed by atoms with Gasteiger partial charge in [-0.05, 0) is 24.5 Å². The van der Waals surface area contributed by atoms with Crippen LogP contribution < -0.4 is 5.32 Å². The molecule has 0 aromatic heterocycles. The van der Waals surface area contributed by atoms with E-state index in [1.54, 1.807) is 19.1 Å². The number of urea groups is 1. The third kappa shape index (κ3) is 2.59. The molecule has 1 heterocycles. The number of amides is 2. The van der Waals surface area contributed by atoms with Crippen LogP contribution in [-0.2, 0) is 11.2 Å². The minimum Gasteiger partial charge on any atom is -0.479 e. The number of benzene rings is 1. The van der Waals surface area contributed by atoms with Crippen molar-refractivity contribution in [2.75, 3.05) is 6.54 Å². The molecule has 0 bridgehead atoms. The minimum atomic E-state index is -1.04. The van der Waals surface area contributed by atoms with Crippen LogP contribution >= 0.6 is 0 Å². The second-order valence-electron chi connectivity index (χ2n) is 4.72. The van der Waals surface area contributed by atoms with Gasteiger partial charge in [0.1, 0.15) is 0 Å². The summed E-state index contributed by atoms with van der Waals surface area (Å²) in [4.78, 5) is 25.0. The van der Waals surface area contributed by atoms with E-state index in [9.17, 15) is 14.7 Å². The Labute approximate surface area is 117 Å². The number of fused-ring (bicyclic) bond motifs is 1. The molecule has 0 saturated carbocycles. The van der Waals surface area contributed by atoms with Crippen LogP contribution in [0, 0.1) is 12.3 Å². The molecule has 2 N–H and O–H groups in total. The largest absolute Gasteiger partial charge is 0.479 e. The Bertz CT molecular complexity index is 577. The van der Waals surface area contributed by atoms with Crippen LogP contribution in [0.2, 0.25) is 0 Å². The van der Waals surface area contributed by atoms with Gasteiger partial charge < -0.3 is 15.3 Å². The van der Waals surface area contributed by atoms with E-state index < -0.39 is 24.1 Å². The summed E-state index contributed by atoms with van der Waals surface area (Å²) in [6.45, 7) is 2.03. The van der Waals surface area contributed by atoms with Crippen molar-refractivity contribution >= 4 is 12.0 Å². The van der Waals surface area contributed by atoms with Gasteiger partial charge >= 0.3 is 12.0 Å². The highest BCUT2D eigenvalue weighted by molar-refractivity contribution is 5.85. The first kappa shape index (κ1) is 13.9. The highest BCUT2D eigenvalue weighted by atomic mass is 16.4. The van der Waals surface area contributed by atoms with Crippen molar-refractivity contribution in [2.24, 2.45) is 0 Å². The fourth-order valence-corrected chi connectivity index (χ4v) is 2.36. The monoisotopic (exact) mass is 272 g/mol. The van der Waals surface area contributed by atoms with Crippen LogP contribution in [0.1, 0.15) is 24.1 Å². The van der Waals surface area contributed by atoms with Crippen LogP contribution in [0.3, 0.4) is 0 Å². The SMILES string of the molecule is C#CC(C)NC(=O)N1CCc2ccccc2C1C(=O)O. The topological polar surface area (TPSA) is 69.6 Å². The standard InChI is InChI=1S/C15H16N2O3/c1-3-10(2)16-15(20)17-9-8-11-6-4-5-7-12(11)13(17)14(18)19/h1,4-7,10,13H,8-9H2,2H3,(H,16,20)(H,18,19). The van der Waals surface area contributed by atoms with Crippen molar-refractivity contribution in [1.82, 2.24) is 10.2 Å². The van der Waals surface area contributed by atoms with E-state index in [-0.39, 0.29) is 0 Å². The van der Waals surface area contributed by atoms with Crippen LogP contribution in [0.25, 0.3) is 0 Å². The number of carbonyl (C=O) groups is 2. The molecule has 2 atom stereocenters. The number of terminal acetylenes is 1. The van der Waals surface area contributed by atoms with E-state index in [1.165, 1.54) is 4.90 Å². The molecule has 0 radical (unpaired) electrons. The van der Waals surface area contributed by atoms with Gasteiger partial charge in [0, 0.05) is 6.54 Å². The number of nitrogens with zero attached hydrogens (tertiary/aromatic N) is 1. The molecule has 1 aromatic carbocycles. The number of carboxylic acids is 1. The van der Waals surface area contributed by atoms with E-state index in [4.69, 9.17) is 6.42 Å². The van der Waals surface area contributed by atoms with E-state index >= 15 is 0 Å². The maximum Gasteiger partial charge on any atom is 0.331 e. The molecule has 0 saturated heterocycles. The zero-order valence-corrected chi connectivity index (χ0v) is 11.2. The molecular weight excluding hydrogens is 256 g/mol. The quantitative estimate of drug-likeness (QED) is 0.800. The van der Waals surface area contributed by atoms with Gasteiger partial charge in [0.25, 0.3) is 0 Å². The fourth-order valence-electron chi connectivity index (χ4n) is 2.36. The van der Waals surface area contributed by atoms with Gasteiger partial charge in [-0.25, -0.2) is 9.59 Å². The highest BCUT2D eigenvalue weighted by Gasteiger charge is 2.35. The third-order valence-corrected chi connectivity index (χ3v) is 3.37. The third-order valence-electron chi connectivity index (χ3n) is 3.37. The Hall–Kier alpha value is -2.48. The summed E-state index contributed by atoms with van der Waals surface area (Å²) < 4.78 is 0. The number of hydrogen-bond donors (Lipinski definition) is 2.